The highest BCUT2D eigenvalue weighted by atomic mass is 16.5. The zero-order chi connectivity index (χ0) is 17.4. The van der Waals surface area contributed by atoms with Crippen molar-refractivity contribution in [2.75, 3.05) is 27.3 Å². The van der Waals surface area contributed by atoms with Crippen LogP contribution in [0.3, 0.4) is 0 Å². The quantitative estimate of drug-likeness (QED) is 0.908. The van der Waals surface area contributed by atoms with Crippen molar-refractivity contribution in [3.8, 4) is 16.9 Å². The number of nitrogens with one attached hydrogen (secondary N) is 1. The van der Waals surface area contributed by atoms with E-state index in [1.165, 1.54) is 7.05 Å². The zero-order valence-electron chi connectivity index (χ0n) is 14.1. The number of carbonyl (C=O) groups excluding carboxylic acids is 1. The monoisotopic (exact) mass is 328 g/mol. The molecule has 1 saturated heterocycles. The standard InChI is InChI=1S/C18H19NO3.CH5N/c1-21-16-9-7-14(8-10-16)13-3-5-15(6-4-13)17-18(20)19-11-2-12-22-17;1-2/h3-10,17H,2,11-12H2,1H3,(H,19,20);2H2,1H3. The van der Waals surface area contributed by atoms with Gasteiger partial charge in [-0.1, -0.05) is 36.4 Å². The van der Waals surface area contributed by atoms with Crippen LogP contribution in [0, 0.1) is 0 Å². The molecule has 1 aliphatic heterocycles. The third-order valence-electron chi connectivity index (χ3n) is 3.78. The Labute approximate surface area is 142 Å². The van der Waals surface area contributed by atoms with Gasteiger partial charge in [0.15, 0.2) is 6.10 Å². The van der Waals surface area contributed by atoms with Crippen LogP contribution in [-0.2, 0) is 9.53 Å². The Morgan fingerprint density at radius 2 is 1.62 bits per heavy atom. The van der Waals surface area contributed by atoms with Crippen molar-refractivity contribution in [2.45, 2.75) is 12.5 Å². The van der Waals surface area contributed by atoms with Gasteiger partial charge in [0.2, 0.25) is 0 Å². The van der Waals surface area contributed by atoms with Crippen molar-refractivity contribution in [3.63, 3.8) is 0 Å². The van der Waals surface area contributed by atoms with Gasteiger partial charge in [0.25, 0.3) is 5.91 Å². The molecule has 128 valence electrons. The topological polar surface area (TPSA) is 73.6 Å². The Hall–Kier alpha value is -2.37. The number of methoxy groups -OCH3 is 1. The molecule has 0 radical (unpaired) electrons. The third-order valence-corrected chi connectivity index (χ3v) is 3.78. The fourth-order valence-electron chi connectivity index (χ4n) is 2.53. The minimum Gasteiger partial charge on any atom is -0.497 e. The summed E-state index contributed by atoms with van der Waals surface area (Å²) in [5, 5.41) is 2.87. The van der Waals surface area contributed by atoms with Crippen LogP contribution in [0.25, 0.3) is 11.1 Å². The zero-order valence-corrected chi connectivity index (χ0v) is 14.1. The highest BCUT2D eigenvalue weighted by Crippen LogP contribution is 2.26. The van der Waals surface area contributed by atoms with Crippen molar-refractivity contribution in [2.24, 2.45) is 5.73 Å². The van der Waals surface area contributed by atoms with Crippen LogP contribution in [0.4, 0.5) is 0 Å². The second-order valence-corrected chi connectivity index (χ2v) is 5.25. The van der Waals surface area contributed by atoms with E-state index in [1.807, 2.05) is 48.5 Å². The van der Waals surface area contributed by atoms with E-state index >= 15 is 0 Å². The summed E-state index contributed by atoms with van der Waals surface area (Å²) in [7, 11) is 3.15. The van der Waals surface area contributed by atoms with Gasteiger partial charge in [-0.25, -0.2) is 0 Å². The first-order chi connectivity index (χ1) is 11.8. The van der Waals surface area contributed by atoms with Crippen LogP contribution >= 0.6 is 0 Å². The van der Waals surface area contributed by atoms with Gasteiger partial charge in [-0.3, -0.25) is 4.79 Å². The molecule has 1 heterocycles. The molecular formula is C19H24N2O3. The van der Waals surface area contributed by atoms with Gasteiger partial charge in [0.05, 0.1) is 7.11 Å². The van der Waals surface area contributed by atoms with E-state index in [9.17, 15) is 4.79 Å². The fourth-order valence-corrected chi connectivity index (χ4v) is 2.53. The molecule has 2 aromatic rings. The minimum atomic E-state index is -0.507. The van der Waals surface area contributed by atoms with Crippen molar-refractivity contribution in [1.29, 1.82) is 0 Å². The number of ether oxygens (including phenoxy) is 2. The maximum atomic E-state index is 12.0. The first-order valence-electron chi connectivity index (χ1n) is 7.99. The van der Waals surface area contributed by atoms with Gasteiger partial charge in [-0.05, 0) is 42.3 Å². The number of carbonyl (C=O) groups is 1. The van der Waals surface area contributed by atoms with Crippen molar-refractivity contribution in [1.82, 2.24) is 5.32 Å². The number of hydrogen-bond acceptors (Lipinski definition) is 4. The summed E-state index contributed by atoms with van der Waals surface area (Å²) < 4.78 is 10.8. The molecule has 5 heteroatoms. The van der Waals surface area contributed by atoms with Crippen LogP contribution in [0.1, 0.15) is 18.1 Å². The van der Waals surface area contributed by atoms with Crippen LogP contribution in [0.2, 0.25) is 0 Å². The molecule has 0 aliphatic carbocycles. The highest BCUT2D eigenvalue weighted by Gasteiger charge is 2.23. The van der Waals surface area contributed by atoms with Crippen LogP contribution in [0.5, 0.6) is 5.75 Å². The van der Waals surface area contributed by atoms with Crippen molar-refractivity contribution >= 4 is 5.91 Å². The Kier molecular flexibility index (Phi) is 6.78. The molecule has 0 bridgehead atoms. The van der Waals surface area contributed by atoms with Crippen molar-refractivity contribution in [3.05, 3.63) is 54.1 Å². The first kappa shape index (κ1) is 18.0. The summed E-state index contributed by atoms with van der Waals surface area (Å²) in [4.78, 5) is 12.0. The molecular weight excluding hydrogens is 304 g/mol. The molecule has 1 atom stereocenters. The first-order valence-corrected chi connectivity index (χ1v) is 7.99. The lowest BCUT2D eigenvalue weighted by Crippen LogP contribution is -2.28. The van der Waals surface area contributed by atoms with Gasteiger partial charge >= 0.3 is 0 Å². The van der Waals surface area contributed by atoms with Crippen LogP contribution < -0.4 is 15.8 Å². The van der Waals surface area contributed by atoms with Crippen LogP contribution in [0.15, 0.2) is 48.5 Å². The number of hydrogen-bond donors (Lipinski definition) is 2. The van der Waals surface area contributed by atoms with Crippen molar-refractivity contribution < 1.29 is 14.3 Å². The van der Waals surface area contributed by atoms with Gasteiger partial charge < -0.3 is 20.5 Å². The molecule has 0 saturated carbocycles. The average Bonchev–Trinajstić information content (AvgIpc) is 2.88. The molecule has 0 aromatic heterocycles. The molecule has 1 aliphatic rings. The molecule has 1 unspecified atom stereocenters. The van der Waals surface area contributed by atoms with Gasteiger partial charge in [0.1, 0.15) is 5.75 Å². The molecule has 0 spiro atoms. The summed E-state index contributed by atoms with van der Waals surface area (Å²) in [6.07, 6.45) is 0.346. The van der Waals surface area contributed by atoms with Crippen LogP contribution in [-0.4, -0.2) is 33.2 Å². The summed E-state index contributed by atoms with van der Waals surface area (Å²) in [6, 6.07) is 15.8. The summed E-state index contributed by atoms with van der Waals surface area (Å²) in [6.45, 7) is 1.28. The summed E-state index contributed by atoms with van der Waals surface area (Å²) >= 11 is 0. The molecule has 24 heavy (non-hydrogen) atoms. The molecule has 2 aromatic carbocycles. The lowest BCUT2D eigenvalue weighted by atomic mass is 10.0. The molecule has 3 N–H and O–H groups in total. The lowest BCUT2D eigenvalue weighted by Gasteiger charge is -2.14. The number of nitrogens with two attached hydrogens (primary N) is 1. The van der Waals surface area contributed by atoms with E-state index < -0.39 is 6.10 Å². The third kappa shape index (κ3) is 4.34. The highest BCUT2D eigenvalue weighted by molar-refractivity contribution is 5.82. The number of benzene rings is 2. The van der Waals surface area contributed by atoms with E-state index in [4.69, 9.17) is 9.47 Å². The van der Waals surface area contributed by atoms with E-state index in [1.54, 1.807) is 7.11 Å². The Morgan fingerprint density at radius 3 is 2.21 bits per heavy atom. The van der Waals surface area contributed by atoms with Gasteiger partial charge in [-0.15, -0.1) is 0 Å². The molecule has 1 fully saturated rings. The molecule has 3 rings (SSSR count). The second-order valence-electron chi connectivity index (χ2n) is 5.25. The van der Waals surface area contributed by atoms with Gasteiger partial charge in [-0.2, -0.15) is 0 Å². The number of rotatable bonds is 3. The summed E-state index contributed by atoms with van der Waals surface area (Å²) in [5.74, 6) is 0.776. The van der Waals surface area contributed by atoms with E-state index in [2.05, 4.69) is 11.1 Å². The van der Waals surface area contributed by atoms with Gasteiger partial charge in [0, 0.05) is 13.2 Å². The molecule has 5 nitrogen and oxygen atoms in total. The van der Waals surface area contributed by atoms with E-state index in [0.717, 1.165) is 28.9 Å². The lowest BCUT2D eigenvalue weighted by molar-refractivity contribution is -0.131. The number of amides is 1. The van der Waals surface area contributed by atoms with E-state index in [-0.39, 0.29) is 5.91 Å². The Balaban J connectivity index is 0.00000100. The predicted octanol–water partition coefficient (Wildman–Crippen LogP) is 2.51. The average molecular weight is 328 g/mol. The van der Waals surface area contributed by atoms with E-state index in [0.29, 0.717) is 13.2 Å². The molecule has 1 amide bonds. The smallest absolute Gasteiger partial charge is 0.253 e. The predicted molar refractivity (Wildman–Crippen MR) is 94.9 cm³/mol. The maximum absolute atomic E-state index is 12.0. The second kappa shape index (κ2) is 9.05. The maximum Gasteiger partial charge on any atom is 0.253 e. The minimum absolute atomic E-state index is 0.0605. The fraction of sp³-hybridized carbons (Fsp3) is 0.316. The normalized spacial score (nSPS) is 17.1. The largest absolute Gasteiger partial charge is 0.497 e. The summed E-state index contributed by atoms with van der Waals surface area (Å²) in [5.41, 5.74) is 7.59. The Morgan fingerprint density at radius 1 is 1.04 bits per heavy atom. The SMILES string of the molecule is CN.COc1ccc(-c2ccc(C3OCCCNC3=O)cc2)cc1. The Bertz CT molecular complexity index is 639.